The largest absolute Gasteiger partial charge is 0.360 e. The van der Waals surface area contributed by atoms with Crippen LogP contribution >= 0.6 is 23.1 Å². The molecule has 0 saturated heterocycles. The minimum absolute atomic E-state index is 0.644. The molecule has 18 heavy (non-hydrogen) atoms. The van der Waals surface area contributed by atoms with Gasteiger partial charge in [0.25, 0.3) is 0 Å². The Kier molecular flexibility index (Phi) is 4.46. The van der Waals surface area contributed by atoms with E-state index in [0.29, 0.717) is 5.57 Å². The quantitative estimate of drug-likeness (QED) is 0.660. The lowest BCUT2D eigenvalue weighted by atomic mass is 10.2. The minimum atomic E-state index is 0.644. The molecule has 0 radical (unpaired) electrons. The van der Waals surface area contributed by atoms with Gasteiger partial charge in [0.1, 0.15) is 6.07 Å². The third-order valence-electron chi connectivity index (χ3n) is 2.41. The van der Waals surface area contributed by atoms with E-state index in [2.05, 4.69) is 23.5 Å². The molecule has 0 unspecified atom stereocenters. The van der Waals surface area contributed by atoms with E-state index in [0.717, 1.165) is 11.3 Å². The molecule has 0 aliphatic carbocycles. The predicted molar refractivity (Wildman–Crippen MR) is 79.8 cm³/mol. The molecule has 0 atom stereocenters. The first-order valence-corrected chi connectivity index (χ1v) is 7.53. The Balaban J connectivity index is 2.16. The van der Waals surface area contributed by atoms with Crippen LogP contribution in [0, 0.1) is 11.3 Å². The van der Waals surface area contributed by atoms with E-state index in [1.807, 2.05) is 35.2 Å². The van der Waals surface area contributed by atoms with Gasteiger partial charge in [0, 0.05) is 22.3 Å². The van der Waals surface area contributed by atoms with Gasteiger partial charge >= 0.3 is 0 Å². The highest BCUT2D eigenvalue weighted by Crippen LogP contribution is 2.21. The molecule has 0 saturated carbocycles. The number of nitriles is 1. The fourth-order valence-electron chi connectivity index (χ4n) is 1.47. The zero-order valence-electron chi connectivity index (χ0n) is 9.88. The second-order valence-electron chi connectivity index (χ2n) is 3.56. The number of hydrogen-bond acceptors (Lipinski definition) is 4. The van der Waals surface area contributed by atoms with Gasteiger partial charge in [-0.3, -0.25) is 0 Å². The Morgan fingerprint density at radius 2 is 2.33 bits per heavy atom. The lowest BCUT2D eigenvalue weighted by molar-refractivity contribution is 1.44. The van der Waals surface area contributed by atoms with E-state index in [1.54, 1.807) is 29.3 Å². The molecule has 0 aliphatic heterocycles. The van der Waals surface area contributed by atoms with Gasteiger partial charge in [0.15, 0.2) is 0 Å². The first-order valence-electron chi connectivity index (χ1n) is 5.37. The van der Waals surface area contributed by atoms with Gasteiger partial charge < -0.3 is 5.32 Å². The van der Waals surface area contributed by atoms with Crippen molar-refractivity contribution in [2.24, 2.45) is 0 Å². The fraction of sp³-hybridized carbons (Fsp3) is 0.0714. The number of anilines is 1. The maximum Gasteiger partial charge on any atom is 0.101 e. The highest BCUT2D eigenvalue weighted by atomic mass is 32.2. The lowest BCUT2D eigenvalue weighted by Crippen LogP contribution is -1.90. The summed E-state index contributed by atoms with van der Waals surface area (Å²) in [7, 11) is 0. The molecule has 1 aromatic heterocycles. The molecule has 2 rings (SSSR count). The van der Waals surface area contributed by atoms with E-state index < -0.39 is 0 Å². The number of rotatable bonds is 4. The maximum absolute atomic E-state index is 9.12. The Morgan fingerprint density at radius 1 is 1.44 bits per heavy atom. The summed E-state index contributed by atoms with van der Waals surface area (Å²) in [6.45, 7) is 0. The smallest absolute Gasteiger partial charge is 0.101 e. The highest BCUT2D eigenvalue weighted by molar-refractivity contribution is 7.98. The normalized spacial score (nSPS) is 11.0. The third-order valence-corrected chi connectivity index (χ3v) is 3.81. The SMILES string of the molecule is CSc1cccc(N/C=C(/C#N)c2ccsc2)c1. The number of thiophene rings is 1. The number of benzene rings is 1. The van der Waals surface area contributed by atoms with Crippen molar-refractivity contribution in [3.05, 3.63) is 52.9 Å². The van der Waals surface area contributed by atoms with Crippen LogP contribution < -0.4 is 5.32 Å². The van der Waals surface area contributed by atoms with Gasteiger partial charge in [-0.2, -0.15) is 16.6 Å². The Labute approximate surface area is 115 Å². The first-order chi connectivity index (χ1) is 8.83. The van der Waals surface area contributed by atoms with Crippen molar-refractivity contribution in [1.29, 1.82) is 5.26 Å². The molecule has 2 nitrogen and oxygen atoms in total. The van der Waals surface area contributed by atoms with Crippen molar-refractivity contribution in [2.75, 3.05) is 11.6 Å². The molecule has 2 aromatic rings. The van der Waals surface area contributed by atoms with Crippen molar-refractivity contribution >= 4 is 34.4 Å². The van der Waals surface area contributed by atoms with Crippen molar-refractivity contribution in [3.63, 3.8) is 0 Å². The summed E-state index contributed by atoms with van der Waals surface area (Å²) < 4.78 is 0. The molecule has 90 valence electrons. The van der Waals surface area contributed by atoms with Crippen molar-refractivity contribution in [3.8, 4) is 6.07 Å². The summed E-state index contributed by atoms with van der Waals surface area (Å²) in [4.78, 5) is 1.20. The standard InChI is InChI=1S/C14H12N2S2/c1-17-14-4-2-3-13(7-14)16-9-12(8-15)11-5-6-18-10-11/h2-7,9-10,16H,1H3/b12-9-. The molecule has 0 fully saturated rings. The van der Waals surface area contributed by atoms with E-state index in [1.165, 1.54) is 4.90 Å². The van der Waals surface area contributed by atoms with Crippen LogP contribution in [0.4, 0.5) is 5.69 Å². The molecule has 1 N–H and O–H groups in total. The van der Waals surface area contributed by atoms with E-state index in [-0.39, 0.29) is 0 Å². The van der Waals surface area contributed by atoms with Gasteiger partial charge in [0.05, 0.1) is 5.57 Å². The Hall–Kier alpha value is -1.70. The molecule has 0 aliphatic rings. The average molecular weight is 272 g/mol. The van der Waals surface area contributed by atoms with Crippen LogP contribution in [0.25, 0.3) is 5.57 Å². The molecule has 0 bridgehead atoms. The molecule has 1 aromatic carbocycles. The summed E-state index contributed by atoms with van der Waals surface area (Å²) in [5.74, 6) is 0. The molecular formula is C14H12N2S2. The van der Waals surface area contributed by atoms with Gasteiger partial charge in [-0.15, -0.1) is 11.8 Å². The van der Waals surface area contributed by atoms with Crippen molar-refractivity contribution in [2.45, 2.75) is 4.90 Å². The van der Waals surface area contributed by atoms with E-state index in [9.17, 15) is 0 Å². The van der Waals surface area contributed by atoms with E-state index >= 15 is 0 Å². The molecule has 0 spiro atoms. The van der Waals surface area contributed by atoms with Crippen LogP contribution in [0.5, 0.6) is 0 Å². The van der Waals surface area contributed by atoms with Gasteiger partial charge in [-0.05, 0) is 41.3 Å². The van der Waals surface area contributed by atoms with E-state index in [4.69, 9.17) is 5.26 Å². The average Bonchev–Trinajstić information content (AvgIpc) is 2.94. The number of nitrogens with zero attached hydrogens (tertiary/aromatic N) is 1. The summed E-state index contributed by atoms with van der Waals surface area (Å²) in [6.07, 6.45) is 3.79. The first kappa shape index (κ1) is 12.7. The second-order valence-corrected chi connectivity index (χ2v) is 5.22. The zero-order valence-corrected chi connectivity index (χ0v) is 11.5. The van der Waals surface area contributed by atoms with Crippen LogP contribution in [-0.4, -0.2) is 6.26 Å². The summed E-state index contributed by atoms with van der Waals surface area (Å²) in [5.41, 5.74) is 2.59. The van der Waals surface area contributed by atoms with Crippen LogP contribution in [0.1, 0.15) is 5.56 Å². The topological polar surface area (TPSA) is 35.8 Å². The summed E-state index contributed by atoms with van der Waals surface area (Å²) in [6, 6.07) is 12.2. The Morgan fingerprint density at radius 3 is 3.00 bits per heavy atom. The lowest BCUT2D eigenvalue weighted by Gasteiger charge is -2.03. The summed E-state index contributed by atoms with van der Waals surface area (Å²) >= 11 is 3.28. The van der Waals surface area contributed by atoms with Crippen LogP contribution in [0.15, 0.2) is 52.2 Å². The molecule has 4 heteroatoms. The highest BCUT2D eigenvalue weighted by Gasteiger charge is 2.00. The number of thioether (sulfide) groups is 1. The number of nitrogens with one attached hydrogen (secondary N) is 1. The van der Waals surface area contributed by atoms with Gasteiger partial charge in [-0.1, -0.05) is 6.07 Å². The second kappa shape index (κ2) is 6.29. The van der Waals surface area contributed by atoms with Crippen molar-refractivity contribution in [1.82, 2.24) is 0 Å². The predicted octanol–water partition coefficient (Wildman–Crippen LogP) is 4.45. The third kappa shape index (κ3) is 3.16. The van der Waals surface area contributed by atoms with Crippen LogP contribution in [0.2, 0.25) is 0 Å². The summed E-state index contributed by atoms with van der Waals surface area (Å²) in [5, 5.41) is 16.2. The molecular weight excluding hydrogens is 260 g/mol. The minimum Gasteiger partial charge on any atom is -0.360 e. The fourth-order valence-corrected chi connectivity index (χ4v) is 2.58. The number of hydrogen-bond donors (Lipinski definition) is 1. The van der Waals surface area contributed by atoms with Crippen molar-refractivity contribution < 1.29 is 0 Å². The van der Waals surface area contributed by atoms with Crippen LogP contribution in [-0.2, 0) is 0 Å². The molecule has 1 heterocycles. The number of allylic oxidation sites excluding steroid dienone is 1. The monoisotopic (exact) mass is 272 g/mol. The zero-order chi connectivity index (χ0) is 12.8. The van der Waals surface area contributed by atoms with Gasteiger partial charge in [-0.25, -0.2) is 0 Å². The van der Waals surface area contributed by atoms with Crippen LogP contribution in [0.3, 0.4) is 0 Å². The maximum atomic E-state index is 9.12. The molecule has 0 amide bonds. The van der Waals surface area contributed by atoms with Gasteiger partial charge in [0.2, 0.25) is 0 Å². The Bertz CT molecular complexity index is 580.